The number of carbonyl (C=O) groups is 2. The topological polar surface area (TPSA) is 77.6 Å². The van der Waals surface area contributed by atoms with Gasteiger partial charge >= 0.3 is 0 Å². The van der Waals surface area contributed by atoms with E-state index in [0.29, 0.717) is 16.9 Å². The number of benzene rings is 2. The fourth-order valence-electron chi connectivity index (χ4n) is 3.59. The van der Waals surface area contributed by atoms with Crippen molar-refractivity contribution in [3.8, 4) is 0 Å². The van der Waals surface area contributed by atoms with Crippen molar-refractivity contribution in [3.63, 3.8) is 0 Å². The van der Waals surface area contributed by atoms with E-state index in [9.17, 15) is 14.0 Å². The number of hydrogen-bond acceptors (Lipinski definition) is 5. The quantitative estimate of drug-likeness (QED) is 0.624. The van der Waals surface area contributed by atoms with Crippen molar-refractivity contribution in [1.82, 2.24) is 9.88 Å². The highest BCUT2D eigenvalue weighted by Gasteiger charge is 2.20. The second-order valence-electron chi connectivity index (χ2n) is 7.51. The van der Waals surface area contributed by atoms with Crippen LogP contribution in [-0.2, 0) is 4.79 Å². The first-order chi connectivity index (χ1) is 15.6. The zero-order valence-electron chi connectivity index (χ0n) is 17.5. The van der Waals surface area contributed by atoms with Gasteiger partial charge in [0.25, 0.3) is 5.91 Å². The SMILES string of the molecule is O=C(CN1CCN(c2ccccn2)CC1)Nc1ccccc1C(=O)Nc1ccc(F)cc1. The van der Waals surface area contributed by atoms with Crippen LogP contribution in [0.25, 0.3) is 0 Å². The number of aromatic nitrogens is 1. The lowest BCUT2D eigenvalue weighted by molar-refractivity contribution is -0.117. The van der Waals surface area contributed by atoms with E-state index in [1.165, 1.54) is 24.3 Å². The first-order valence-corrected chi connectivity index (χ1v) is 10.4. The summed E-state index contributed by atoms with van der Waals surface area (Å²) in [6.45, 7) is 3.32. The summed E-state index contributed by atoms with van der Waals surface area (Å²) in [7, 11) is 0. The molecule has 0 unspecified atom stereocenters. The van der Waals surface area contributed by atoms with Gasteiger partial charge in [0.1, 0.15) is 11.6 Å². The van der Waals surface area contributed by atoms with Gasteiger partial charge in [0, 0.05) is 38.1 Å². The van der Waals surface area contributed by atoms with E-state index in [2.05, 4.69) is 25.4 Å². The predicted octanol–water partition coefficient (Wildman–Crippen LogP) is 3.23. The van der Waals surface area contributed by atoms with Gasteiger partial charge < -0.3 is 15.5 Å². The summed E-state index contributed by atoms with van der Waals surface area (Å²) in [5.74, 6) is 0.00373. The molecule has 0 saturated carbocycles. The van der Waals surface area contributed by atoms with Crippen molar-refractivity contribution in [2.24, 2.45) is 0 Å². The van der Waals surface area contributed by atoms with Gasteiger partial charge in [-0.25, -0.2) is 9.37 Å². The summed E-state index contributed by atoms with van der Waals surface area (Å²) >= 11 is 0. The maximum absolute atomic E-state index is 13.1. The molecule has 3 aromatic rings. The number of rotatable bonds is 6. The number of nitrogens with one attached hydrogen (secondary N) is 2. The van der Waals surface area contributed by atoms with Crippen LogP contribution in [0.2, 0.25) is 0 Å². The molecule has 8 heteroatoms. The third kappa shape index (κ3) is 5.47. The van der Waals surface area contributed by atoms with Crippen molar-refractivity contribution in [2.75, 3.05) is 48.3 Å². The highest BCUT2D eigenvalue weighted by molar-refractivity contribution is 6.10. The third-order valence-corrected chi connectivity index (χ3v) is 5.26. The standard InChI is InChI=1S/C24H24FN5O2/c25-18-8-10-19(11-9-18)27-24(32)20-5-1-2-6-21(20)28-23(31)17-29-13-15-30(16-14-29)22-7-3-4-12-26-22/h1-12H,13-17H2,(H,27,32)(H,28,31). The summed E-state index contributed by atoms with van der Waals surface area (Å²) in [6, 6.07) is 18.2. The van der Waals surface area contributed by atoms with Gasteiger partial charge in [-0.1, -0.05) is 18.2 Å². The van der Waals surface area contributed by atoms with Gasteiger partial charge in [-0.15, -0.1) is 0 Å². The van der Waals surface area contributed by atoms with Crippen molar-refractivity contribution >= 4 is 29.0 Å². The summed E-state index contributed by atoms with van der Waals surface area (Å²) in [5.41, 5.74) is 1.25. The van der Waals surface area contributed by atoms with Crippen LogP contribution in [0.3, 0.4) is 0 Å². The minimum Gasteiger partial charge on any atom is -0.354 e. The van der Waals surface area contributed by atoms with Crippen LogP contribution in [0.5, 0.6) is 0 Å². The molecule has 0 radical (unpaired) electrons. The molecular weight excluding hydrogens is 409 g/mol. The second kappa shape index (κ2) is 10.0. The number of nitrogens with zero attached hydrogens (tertiary/aromatic N) is 3. The molecule has 2 heterocycles. The number of piperazine rings is 1. The van der Waals surface area contributed by atoms with Crippen LogP contribution in [0.1, 0.15) is 10.4 Å². The number of carbonyl (C=O) groups excluding carboxylic acids is 2. The van der Waals surface area contributed by atoms with Gasteiger partial charge in [0.15, 0.2) is 0 Å². The summed E-state index contributed by atoms with van der Waals surface area (Å²) < 4.78 is 13.1. The smallest absolute Gasteiger partial charge is 0.257 e. The molecule has 7 nitrogen and oxygen atoms in total. The molecule has 0 atom stereocenters. The second-order valence-corrected chi connectivity index (χ2v) is 7.51. The Hall–Kier alpha value is -3.78. The number of hydrogen-bond donors (Lipinski definition) is 2. The third-order valence-electron chi connectivity index (χ3n) is 5.26. The lowest BCUT2D eigenvalue weighted by Gasteiger charge is -2.34. The molecule has 1 aliphatic rings. The first kappa shape index (κ1) is 21.5. The molecule has 0 bridgehead atoms. The number of halogens is 1. The molecule has 1 aliphatic heterocycles. The number of para-hydroxylation sites is 1. The van der Waals surface area contributed by atoms with Gasteiger partial charge in [-0.2, -0.15) is 0 Å². The number of amides is 2. The highest BCUT2D eigenvalue weighted by atomic mass is 19.1. The Balaban J connectivity index is 1.33. The Morgan fingerprint density at radius 1 is 0.875 bits per heavy atom. The molecular formula is C24H24FN5O2. The summed E-state index contributed by atoms with van der Waals surface area (Å²) in [4.78, 5) is 34.0. The first-order valence-electron chi connectivity index (χ1n) is 10.4. The fraction of sp³-hybridized carbons (Fsp3) is 0.208. The number of anilines is 3. The molecule has 1 aromatic heterocycles. The predicted molar refractivity (Wildman–Crippen MR) is 122 cm³/mol. The van der Waals surface area contributed by atoms with Crippen LogP contribution >= 0.6 is 0 Å². The molecule has 2 amide bonds. The molecule has 0 spiro atoms. The van der Waals surface area contributed by atoms with Gasteiger partial charge in [0.2, 0.25) is 5.91 Å². The molecule has 1 fully saturated rings. The van der Waals surface area contributed by atoms with Crippen molar-refractivity contribution in [1.29, 1.82) is 0 Å². The largest absolute Gasteiger partial charge is 0.354 e. The van der Waals surface area contributed by atoms with E-state index < -0.39 is 0 Å². The molecule has 0 aliphatic carbocycles. The van der Waals surface area contributed by atoms with Crippen LogP contribution in [0, 0.1) is 5.82 Å². The maximum Gasteiger partial charge on any atom is 0.257 e. The molecule has 1 saturated heterocycles. The molecule has 32 heavy (non-hydrogen) atoms. The molecule has 2 aromatic carbocycles. The van der Waals surface area contributed by atoms with Crippen LogP contribution < -0.4 is 15.5 Å². The maximum atomic E-state index is 13.1. The fourth-order valence-corrected chi connectivity index (χ4v) is 3.59. The normalized spacial score (nSPS) is 14.1. The van der Waals surface area contributed by atoms with Crippen molar-refractivity contribution < 1.29 is 14.0 Å². The Bertz CT molecular complexity index is 1070. The van der Waals surface area contributed by atoms with E-state index in [1.54, 1.807) is 30.5 Å². The minimum absolute atomic E-state index is 0.182. The summed E-state index contributed by atoms with van der Waals surface area (Å²) in [5, 5.41) is 5.57. The van der Waals surface area contributed by atoms with Crippen LogP contribution in [0.15, 0.2) is 72.9 Å². The Morgan fingerprint density at radius 3 is 2.31 bits per heavy atom. The van der Waals surface area contributed by atoms with E-state index in [1.807, 2.05) is 18.2 Å². The van der Waals surface area contributed by atoms with Gasteiger partial charge in [-0.05, 0) is 48.5 Å². The van der Waals surface area contributed by atoms with Crippen molar-refractivity contribution in [3.05, 3.63) is 84.3 Å². The highest BCUT2D eigenvalue weighted by Crippen LogP contribution is 2.18. The van der Waals surface area contributed by atoms with E-state index >= 15 is 0 Å². The van der Waals surface area contributed by atoms with Crippen LogP contribution in [-0.4, -0.2) is 54.4 Å². The van der Waals surface area contributed by atoms with Gasteiger partial charge in [-0.3, -0.25) is 14.5 Å². The molecule has 2 N–H and O–H groups in total. The summed E-state index contributed by atoms with van der Waals surface area (Å²) in [6.07, 6.45) is 1.78. The average Bonchev–Trinajstić information content (AvgIpc) is 2.82. The monoisotopic (exact) mass is 433 g/mol. The van der Waals surface area contributed by atoms with E-state index in [4.69, 9.17) is 0 Å². The van der Waals surface area contributed by atoms with Crippen molar-refractivity contribution in [2.45, 2.75) is 0 Å². The Kier molecular flexibility index (Phi) is 6.72. The van der Waals surface area contributed by atoms with Crippen LogP contribution in [0.4, 0.5) is 21.6 Å². The van der Waals surface area contributed by atoms with E-state index in [0.717, 1.165) is 32.0 Å². The Labute approximate surface area is 185 Å². The average molecular weight is 433 g/mol. The Morgan fingerprint density at radius 2 is 1.59 bits per heavy atom. The minimum atomic E-state index is -0.378. The van der Waals surface area contributed by atoms with E-state index in [-0.39, 0.29) is 24.2 Å². The molecule has 4 rings (SSSR count). The lowest BCUT2D eigenvalue weighted by Crippen LogP contribution is -2.49. The lowest BCUT2D eigenvalue weighted by atomic mass is 10.1. The number of pyridine rings is 1. The molecule has 164 valence electrons. The zero-order valence-corrected chi connectivity index (χ0v) is 17.5. The van der Waals surface area contributed by atoms with Gasteiger partial charge in [0.05, 0.1) is 17.8 Å². The zero-order chi connectivity index (χ0) is 22.3.